The summed E-state index contributed by atoms with van der Waals surface area (Å²) in [6.07, 6.45) is 5.26. The number of pyridine rings is 3. The van der Waals surface area contributed by atoms with Crippen LogP contribution in [0.25, 0.3) is 16.5 Å². The van der Waals surface area contributed by atoms with Gasteiger partial charge in [0.15, 0.2) is 0 Å². The minimum Gasteiger partial charge on any atom is -0.365 e. The summed E-state index contributed by atoms with van der Waals surface area (Å²) in [6.45, 7) is 2.50. The van der Waals surface area contributed by atoms with Gasteiger partial charge in [-0.1, -0.05) is 24.3 Å². The molecule has 0 spiro atoms. The molecule has 0 aliphatic carbocycles. The first-order valence-corrected chi connectivity index (χ1v) is 8.43. The van der Waals surface area contributed by atoms with Gasteiger partial charge < -0.3 is 5.32 Å². The molecule has 3 heterocycles. The zero-order valence-corrected chi connectivity index (χ0v) is 14.4. The number of aromatic nitrogens is 3. The summed E-state index contributed by atoms with van der Waals surface area (Å²) >= 11 is 0. The average Bonchev–Trinajstić information content (AvgIpc) is 2.68. The molecule has 0 saturated carbocycles. The monoisotopic (exact) mass is 342 g/mol. The Morgan fingerprint density at radius 3 is 2.65 bits per heavy atom. The van der Waals surface area contributed by atoms with Gasteiger partial charge >= 0.3 is 0 Å². The Hall–Kier alpha value is -3.47. The Bertz CT molecular complexity index is 1110. The number of fused-ring (bicyclic) bond motifs is 1. The highest BCUT2D eigenvalue weighted by Crippen LogP contribution is 2.21. The van der Waals surface area contributed by atoms with Gasteiger partial charge in [-0.2, -0.15) is 0 Å². The van der Waals surface area contributed by atoms with E-state index in [-0.39, 0.29) is 5.56 Å². The van der Waals surface area contributed by atoms with Gasteiger partial charge in [-0.15, -0.1) is 0 Å². The molecule has 1 N–H and O–H groups in total. The molecule has 4 rings (SSSR count). The van der Waals surface area contributed by atoms with Gasteiger partial charge in [-0.05, 0) is 48.2 Å². The lowest BCUT2D eigenvalue weighted by atomic mass is 10.1. The minimum atomic E-state index is -0.0759. The molecule has 0 radical (unpaired) electrons. The van der Waals surface area contributed by atoms with E-state index in [1.54, 1.807) is 23.2 Å². The summed E-state index contributed by atoms with van der Waals surface area (Å²) in [5.41, 5.74) is 2.69. The van der Waals surface area contributed by atoms with E-state index in [0.29, 0.717) is 17.7 Å². The van der Waals surface area contributed by atoms with E-state index < -0.39 is 0 Å². The van der Waals surface area contributed by atoms with Crippen LogP contribution in [0.3, 0.4) is 0 Å². The normalized spacial score (nSPS) is 10.8. The maximum atomic E-state index is 13.3. The van der Waals surface area contributed by atoms with Crippen molar-refractivity contribution in [1.29, 1.82) is 0 Å². The second-order valence-corrected chi connectivity index (χ2v) is 6.10. The lowest BCUT2D eigenvalue weighted by Crippen LogP contribution is -2.22. The van der Waals surface area contributed by atoms with Crippen molar-refractivity contribution in [3.8, 4) is 5.69 Å². The van der Waals surface area contributed by atoms with Crippen LogP contribution in [0.1, 0.15) is 11.3 Å². The highest BCUT2D eigenvalue weighted by Gasteiger charge is 2.12. The fraction of sp³-hybridized carbons (Fsp3) is 0.0952. The van der Waals surface area contributed by atoms with Gasteiger partial charge in [-0.25, -0.2) is 4.98 Å². The third kappa shape index (κ3) is 2.95. The highest BCUT2D eigenvalue weighted by atomic mass is 16.1. The molecule has 0 saturated heterocycles. The molecule has 26 heavy (non-hydrogen) atoms. The van der Waals surface area contributed by atoms with Gasteiger partial charge in [0, 0.05) is 36.5 Å². The molecule has 0 amide bonds. The van der Waals surface area contributed by atoms with E-state index in [1.807, 2.05) is 61.5 Å². The number of nitrogens with one attached hydrogen (secondary N) is 1. The third-order valence-electron chi connectivity index (χ3n) is 4.31. The van der Waals surface area contributed by atoms with Gasteiger partial charge in [0.1, 0.15) is 5.82 Å². The first-order chi connectivity index (χ1) is 12.7. The zero-order chi connectivity index (χ0) is 17.9. The van der Waals surface area contributed by atoms with E-state index in [4.69, 9.17) is 0 Å². The standard InChI is InChI=1S/C21H18N4O/c1-15-12-17-9-11-23-20(24-14-16-6-5-10-22-13-16)19(17)21(26)25(15)18-7-3-2-4-8-18/h2-13H,14H2,1H3,(H,23,24). The van der Waals surface area contributed by atoms with Crippen LogP contribution >= 0.6 is 0 Å². The van der Waals surface area contributed by atoms with Crippen LogP contribution in [0.2, 0.25) is 0 Å². The van der Waals surface area contributed by atoms with E-state index in [0.717, 1.165) is 22.3 Å². The van der Waals surface area contributed by atoms with Crippen LogP contribution in [-0.2, 0) is 6.54 Å². The lowest BCUT2D eigenvalue weighted by Gasteiger charge is -2.14. The molecular formula is C21H18N4O. The molecule has 3 aromatic heterocycles. The predicted octanol–water partition coefficient (Wildman–Crippen LogP) is 3.70. The maximum absolute atomic E-state index is 13.3. The molecule has 1 aromatic carbocycles. The van der Waals surface area contributed by atoms with Gasteiger partial charge in [0.05, 0.1) is 5.39 Å². The average molecular weight is 342 g/mol. The summed E-state index contributed by atoms with van der Waals surface area (Å²) < 4.78 is 1.72. The Kier molecular flexibility index (Phi) is 4.19. The summed E-state index contributed by atoms with van der Waals surface area (Å²) in [6, 6.07) is 17.4. The van der Waals surface area contributed by atoms with Crippen molar-refractivity contribution >= 4 is 16.6 Å². The minimum absolute atomic E-state index is 0.0759. The number of hydrogen-bond acceptors (Lipinski definition) is 4. The summed E-state index contributed by atoms with van der Waals surface area (Å²) in [4.78, 5) is 21.8. The highest BCUT2D eigenvalue weighted by molar-refractivity contribution is 5.91. The Labute approximate surface area is 151 Å². The first kappa shape index (κ1) is 16.0. The Morgan fingerprint density at radius 1 is 1.04 bits per heavy atom. The predicted molar refractivity (Wildman–Crippen MR) is 104 cm³/mol. The van der Waals surface area contributed by atoms with Crippen molar-refractivity contribution in [2.24, 2.45) is 0 Å². The van der Waals surface area contributed by atoms with Crippen LogP contribution in [-0.4, -0.2) is 14.5 Å². The number of para-hydroxylation sites is 1. The molecule has 0 atom stereocenters. The van der Waals surface area contributed by atoms with Gasteiger partial charge in [0.25, 0.3) is 5.56 Å². The number of hydrogen-bond donors (Lipinski definition) is 1. The number of rotatable bonds is 4. The molecular weight excluding hydrogens is 324 g/mol. The smallest absolute Gasteiger partial charge is 0.266 e. The van der Waals surface area contributed by atoms with Crippen LogP contribution in [0, 0.1) is 6.92 Å². The fourth-order valence-corrected chi connectivity index (χ4v) is 3.10. The largest absolute Gasteiger partial charge is 0.365 e. The first-order valence-electron chi connectivity index (χ1n) is 8.43. The van der Waals surface area contributed by atoms with E-state index in [1.165, 1.54) is 0 Å². The van der Waals surface area contributed by atoms with Crippen molar-refractivity contribution < 1.29 is 0 Å². The van der Waals surface area contributed by atoms with Crippen molar-refractivity contribution in [2.45, 2.75) is 13.5 Å². The third-order valence-corrected chi connectivity index (χ3v) is 4.31. The van der Waals surface area contributed by atoms with Crippen molar-refractivity contribution in [3.05, 3.63) is 94.8 Å². The van der Waals surface area contributed by atoms with E-state index >= 15 is 0 Å². The van der Waals surface area contributed by atoms with Crippen LogP contribution in [0.4, 0.5) is 5.82 Å². The molecule has 0 fully saturated rings. The van der Waals surface area contributed by atoms with E-state index in [2.05, 4.69) is 15.3 Å². The van der Waals surface area contributed by atoms with Crippen molar-refractivity contribution in [1.82, 2.24) is 14.5 Å². The molecule has 4 aromatic rings. The summed E-state index contributed by atoms with van der Waals surface area (Å²) in [7, 11) is 0. The SMILES string of the molecule is Cc1cc2ccnc(NCc3cccnc3)c2c(=O)n1-c1ccccc1. The number of benzene rings is 1. The van der Waals surface area contributed by atoms with Crippen molar-refractivity contribution in [2.75, 3.05) is 5.32 Å². The molecule has 5 nitrogen and oxygen atoms in total. The fourth-order valence-electron chi connectivity index (χ4n) is 3.10. The van der Waals surface area contributed by atoms with Gasteiger partial charge in [0.2, 0.25) is 0 Å². The second-order valence-electron chi connectivity index (χ2n) is 6.10. The maximum Gasteiger partial charge on any atom is 0.266 e. The lowest BCUT2D eigenvalue weighted by molar-refractivity contribution is 0.948. The molecule has 0 bridgehead atoms. The van der Waals surface area contributed by atoms with Crippen molar-refractivity contribution in [3.63, 3.8) is 0 Å². The molecule has 0 aliphatic rings. The summed E-state index contributed by atoms with van der Waals surface area (Å²) in [5.74, 6) is 0.584. The molecule has 5 heteroatoms. The molecule has 128 valence electrons. The summed E-state index contributed by atoms with van der Waals surface area (Å²) in [5, 5.41) is 4.75. The number of anilines is 1. The quantitative estimate of drug-likeness (QED) is 0.614. The second kappa shape index (κ2) is 6.80. The Morgan fingerprint density at radius 2 is 1.88 bits per heavy atom. The topological polar surface area (TPSA) is 59.8 Å². The number of aryl methyl sites for hydroxylation is 1. The zero-order valence-electron chi connectivity index (χ0n) is 14.4. The molecule has 0 unspecified atom stereocenters. The molecule has 0 aliphatic heterocycles. The van der Waals surface area contributed by atoms with Crippen LogP contribution < -0.4 is 10.9 Å². The van der Waals surface area contributed by atoms with Crippen LogP contribution in [0.15, 0.2) is 78.0 Å². The van der Waals surface area contributed by atoms with Crippen LogP contribution in [0.5, 0.6) is 0 Å². The van der Waals surface area contributed by atoms with E-state index in [9.17, 15) is 4.79 Å². The number of nitrogens with zero attached hydrogens (tertiary/aromatic N) is 3. The Balaban J connectivity index is 1.83. The van der Waals surface area contributed by atoms with Gasteiger partial charge in [-0.3, -0.25) is 14.3 Å².